The van der Waals surface area contributed by atoms with Crippen LogP contribution < -0.4 is 0 Å². The number of hydrogen-bond acceptors (Lipinski definition) is 5. The molecular weight excluding hydrogens is 316 g/mol. The van der Waals surface area contributed by atoms with E-state index in [0.29, 0.717) is 11.3 Å². The number of ether oxygens (including phenoxy) is 1. The second-order valence-corrected chi connectivity index (χ2v) is 7.57. The van der Waals surface area contributed by atoms with Crippen molar-refractivity contribution in [1.82, 2.24) is 9.78 Å². The fourth-order valence-electron chi connectivity index (χ4n) is 2.61. The lowest BCUT2D eigenvalue weighted by Gasteiger charge is -2.12. The molecule has 0 unspecified atom stereocenters. The Morgan fingerprint density at radius 3 is 2.65 bits per heavy atom. The van der Waals surface area contributed by atoms with Crippen molar-refractivity contribution in [2.24, 2.45) is 0 Å². The van der Waals surface area contributed by atoms with E-state index >= 15 is 0 Å². The molecule has 23 heavy (non-hydrogen) atoms. The van der Waals surface area contributed by atoms with Crippen LogP contribution in [0, 0.1) is 0 Å². The van der Waals surface area contributed by atoms with Crippen molar-refractivity contribution in [3.63, 3.8) is 0 Å². The lowest BCUT2D eigenvalue weighted by atomic mass is 10.1. The van der Waals surface area contributed by atoms with Gasteiger partial charge in [-0.15, -0.1) is 0 Å². The third-order valence-corrected chi connectivity index (χ3v) is 4.90. The first-order valence-corrected chi connectivity index (χ1v) is 9.37. The maximum atomic E-state index is 12.1. The van der Waals surface area contributed by atoms with Crippen molar-refractivity contribution in [1.29, 1.82) is 0 Å². The fourth-order valence-corrected chi connectivity index (χ4v) is 3.47. The number of sulfone groups is 1. The highest BCUT2D eigenvalue weighted by atomic mass is 32.2. The third kappa shape index (κ3) is 3.01. The molecule has 1 aliphatic rings. The lowest BCUT2D eigenvalue weighted by Crippen LogP contribution is -2.11. The van der Waals surface area contributed by atoms with Gasteiger partial charge in [0.2, 0.25) is 0 Å². The van der Waals surface area contributed by atoms with Crippen molar-refractivity contribution in [2.75, 3.05) is 12.9 Å². The molecule has 122 valence electrons. The summed E-state index contributed by atoms with van der Waals surface area (Å²) in [6, 6.07) is 6.68. The van der Waals surface area contributed by atoms with Crippen LogP contribution in [0.25, 0.3) is 5.69 Å². The van der Waals surface area contributed by atoms with Gasteiger partial charge in [0.05, 0.1) is 29.1 Å². The standard InChI is InChI=1S/C16H18N2O4S/c1-3-22-16(19)12-10-17-18(15(12)11-8-9-11)13-6-4-5-7-14(13)23(2,20)21/h4-7,10-11H,3,8-9H2,1-2H3. The van der Waals surface area contributed by atoms with Gasteiger partial charge in [0, 0.05) is 12.2 Å². The SMILES string of the molecule is CCOC(=O)c1cnn(-c2ccccc2S(C)(=O)=O)c1C1CC1. The zero-order valence-electron chi connectivity index (χ0n) is 13.0. The molecule has 1 aromatic carbocycles. The first kappa shape index (κ1) is 15.7. The molecule has 0 atom stereocenters. The zero-order valence-corrected chi connectivity index (χ0v) is 13.8. The minimum absolute atomic E-state index is 0.195. The van der Waals surface area contributed by atoms with Crippen LogP contribution in [0.5, 0.6) is 0 Å². The minimum Gasteiger partial charge on any atom is -0.462 e. The maximum Gasteiger partial charge on any atom is 0.341 e. The highest BCUT2D eigenvalue weighted by Gasteiger charge is 2.34. The van der Waals surface area contributed by atoms with E-state index in [2.05, 4.69) is 5.10 Å². The zero-order chi connectivity index (χ0) is 16.6. The molecule has 1 heterocycles. The van der Waals surface area contributed by atoms with E-state index in [-0.39, 0.29) is 17.4 Å². The summed E-state index contributed by atoms with van der Waals surface area (Å²) in [5.74, 6) is -0.206. The lowest BCUT2D eigenvalue weighted by molar-refractivity contribution is 0.0525. The Labute approximate surface area is 135 Å². The van der Waals surface area contributed by atoms with Crippen LogP contribution in [0.1, 0.15) is 41.7 Å². The number of carbonyl (C=O) groups excluding carboxylic acids is 1. The molecule has 7 heteroatoms. The molecule has 0 N–H and O–H groups in total. The van der Waals surface area contributed by atoms with Crippen LogP contribution in [0.2, 0.25) is 0 Å². The van der Waals surface area contributed by atoms with Crippen molar-refractivity contribution in [2.45, 2.75) is 30.6 Å². The van der Waals surface area contributed by atoms with Crippen molar-refractivity contribution >= 4 is 15.8 Å². The first-order chi connectivity index (χ1) is 10.9. The van der Waals surface area contributed by atoms with Crippen LogP contribution in [0.3, 0.4) is 0 Å². The second kappa shape index (κ2) is 5.81. The topological polar surface area (TPSA) is 78.3 Å². The summed E-state index contributed by atoms with van der Waals surface area (Å²) < 4.78 is 30.7. The number of benzene rings is 1. The van der Waals surface area contributed by atoms with Crippen LogP contribution in [-0.2, 0) is 14.6 Å². The normalized spacial score (nSPS) is 14.7. The Morgan fingerprint density at radius 1 is 1.35 bits per heavy atom. The highest BCUT2D eigenvalue weighted by molar-refractivity contribution is 7.90. The van der Waals surface area contributed by atoms with E-state index in [4.69, 9.17) is 4.74 Å². The molecule has 0 radical (unpaired) electrons. The molecule has 0 amide bonds. The molecule has 1 aromatic heterocycles. The molecule has 0 bridgehead atoms. The Kier molecular flexibility index (Phi) is 3.97. The largest absolute Gasteiger partial charge is 0.462 e. The summed E-state index contributed by atoms with van der Waals surface area (Å²) in [5.41, 5.74) is 1.62. The van der Waals surface area contributed by atoms with Crippen molar-refractivity contribution in [3.05, 3.63) is 41.7 Å². The summed E-state index contributed by atoms with van der Waals surface area (Å²) in [6.45, 7) is 2.03. The Hall–Kier alpha value is -2.15. The monoisotopic (exact) mass is 334 g/mol. The average Bonchev–Trinajstić information content (AvgIpc) is 3.25. The summed E-state index contributed by atoms with van der Waals surface area (Å²) in [7, 11) is -3.40. The molecule has 0 spiro atoms. The summed E-state index contributed by atoms with van der Waals surface area (Å²) in [6.07, 6.45) is 4.54. The molecule has 0 aliphatic heterocycles. The van der Waals surface area contributed by atoms with Crippen LogP contribution >= 0.6 is 0 Å². The van der Waals surface area contributed by atoms with Gasteiger partial charge in [-0.25, -0.2) is 17.9 Å². The molecule has 1 aliphatic carbocycles. The quantitative estimate of drug-likeness (QED) is 0.784. The number of carbonyl (C=O) groups is 1. The van der Waals surface area contributed by atoms with Gasteiger partial charge >= 0.3 is 5.97 Å². The van der Waals surface area contributed by atoms with Gasteiger partial charge in [-0.1, -0.05) is 12.1 Å². The molecule has 2 aromatic rings. The van der Waals surface area contributed by atoms with Gasteiger partial charge < -0.3 is 4.74 Å². The number of esters is 1. The van der Waals surface area contributed by atoms with E-state index in [0.717, 1.165) is 18.5 Å². The van der Waals surface area contributed by atoms with Gasteiger partial charge in [0.1, 0.15) is 5.56 Å². The van der Waals surface area contributed by atoms with Gasteiger partial charge in [-0.3, -0.25) is 0 Å². The third-order valence-electron chi connectivity index (χ3n) is 3.76. The first-order valence-electron chi connectivity index (χ1n) is 7.48. The number of rotatable bonds is 5. The number of aromatic nitrogens is 2. The Bertz CT molecular complexity index is 851. The average molecular weight is 334 g/mol. The van der Waals surface area contributed by atoms with E-state index in [9.17, 15) is 13.2 Å². The van der Waals surface area contributed by atoms with E-state index in [1.165, 1.54) is 12.5 Å². The predicted octanol–water partition coefficient (Wildman–Crippen LogP) is 2.33. The molecular formula is C16H18N2O4S. The maximum absolute atomic E-state index is 12.1. The molecule has 6 nitrogen and oxygen atoms in total. The Morgan fingerprint density at radius 2 is 2.04 bits per heavy atom. The molecule has 3 rings (SSSR count). The summed E-state index contributed by atoms with van der Waals surface area (Å²) in [5, 5.41) is 4.28. The van der Waals surface area contributed by atoms with E-state index < -0.39 is 15.8 Å². The second-order valence-electron chi connectivity index (χ2n) is 5.59. The Balaban J connectivity index is 2.17. The molecule has 1 saturated carbocycles. The van der Waals surface area contributed by atoms with Crippen molar-refractivity contribution in [3.8, 4) is 5.69 Å². The van der Waals surface area contributed by atoms with Gasteiger partial charge in [0.15, 0.2) is 9.84 Å². The van der Waals surface area contributed by atoms with Gasteiger partial charge in [-0.05, 0) is 31.9 Å². The fraction of sp³-hybridized carbons (Fsp3) is 0.375. The van der Waals surface area contributed by atoms with Crippen molar-refractivity contribution < 1.29 is 17.9 Å². The number of nitrogens with zero attached hydrogens (tertiary/aromatic N) is 2. The van der Waals surface area contributed by atoms with Gasteiger partial charge in [-0.2, -0.15) is 5.10 Å². The molecule has 1 fully saturated rings. The number of para-hydroxylation sites is 1. The van der Waals surface area contributed by atoms with Crippen LogP contribution in [0.4, 0.5) is 0 Å². The van der Waals surface area contributed by atoms with E-state index in [1.807, 2.05) is 0 Å². The summed E-state index contributed by atoms with van der Waals surface area (Å²) >= 11 is 0. The highest BCUT2D eigenvalue weighted by Crippen LogP contribution is 2.43. The van der Waals surface area contributed by atoms with Crippen LogP contribution in [-0.4, -0.2) is 37.0 Å². The van der Waals surface area contributed by atoms with Gasteiger partial charge in [0.25, 0.3) is 0 Å². The molecule has 0 saturated heterocycles. The smallest absolute Gasteiger partial charge is 0.341 e. The predicted molar refractivity (Wildman–Crippen MR) is 84.6 cm³/mol. The van der Waals surface area contributed by atoms with Crippen LogP contribution in [0.15, 0.2) is 35.4 Å². The summed E-state index contributed by atoms with van der Waals surface area (Å²) in [4.78, 5) is 12.3. The minimum atomic E-state index is -3.40. The number of hydrogen-bond donors (Lipinski definition) is 0. The van der Waals surface area contributed by atoms with E-state index in [1.54, 1.807) is 35.9 Å².